The fourth-order valence-electron chi connectivity index (χ4n) is 4.30. The fourth-order valence-corrected chi connectivity index (χ4v) is 4.30. The Labute approximate surface area is 180 Å². The molecule has 0 bridgehead atoms. The average molecular weight is 409 g/mol. The quantitative estimate of drug-likeness (QED) is 0.530. The molecule has 0 saturated carbocycles. The van der Waals surface area contributed by atoms with E-state index < -0.39 is 0 Å². The van der Waals surface area contributed by atoms with Crippen molar-refractivity contribution in [3.63, 3.8) is 0 Å². The highest BCUT2D eigenvalue weighted by atomic mass is 16.2. The van der Waals surface area contributed by atoms with E-state index in [9.17, 15) is 9.59 Å². The van der Waals surface area contributed by atoms with Gasteiger partial charge in [0.1, 0.15) is 0 Å². The molecule has 3 aromatic carbocycles. The Kier molecular flexibility index (Phi) is 4.86. The van der Waals surface area contributed by atoms with E-state index in [4.69, 9.17) is 0 Å². The minimum atomic E-state index is -0.116. The second-order valence-corrected chi connectivity index (χ2v) is 8.21. The van der Waals surface area contributed by atoms with Crippen molar-refractivity contribution >= 4 is 33.5 Å². The number of amides is 2. The van der Waals surface area contributed by atoms with Crippen LogP contribution in [0.5, 0.6) is 0 Å². The molecular weight excluding hydrogens is 386 g/mol. The lowest BCUT2D eigenvalue weighted by atomic mass is 9.95. The molecule has 1 saturated heterocycles. The molecule has 1 aliphatic heterocycles. The van der Waals surface area contributed by atoms with Gasteiger partial charge in [-0.2, -0.15) is 0 Å². The van der Waals surface area contributed by atoms with Gasteiger partial charge in [0.2, 0.25) is 5.91 Å². The smallest absolute Gasteiger partial charge is 0.251 e. The van der Waals surface area contributed by atoms with Crippen LogP contribution in [0.25, 0.3) is 32.8 Å². The summed E-state index contributed by atoms with van der Waals surface area (Å²) >= 11 is 0. The normalized spacial score (nSPS) is 15.9. The van der Waals surface area contributed by atoms with Crippen molar-refractivity contribution in [1.82, 2.24) is 15.6 Å². The van der Waals surface area contributed by atoms with Gasteiger partial charge in [-0.05, 0) is 47.5 Å². The molecule has 5 heteroatoms. The maximum atomic E-state index is 12.9. The van der Waals surface area contributed by atoms with Crippen molar-refractivity contribution in [2.75, 3.05) is 13.1 Å². The molecule has 2 heterocycles. The second kappa shape index (κ2) is 7.84. The van der Waals surface area contributed by atoms with Gasteiger partial charge < -0.3 is 10.6 Å². The minimum Gasteiger partial charge on any atom is -0.356 e. The summed E-state index contributed by atoms with van der Waals surface area (Å²) in [7, 11) is 0. The first kappa shape index (κ1) is 19.2. The van der Waals surface area contributed by atoms with Crippen molar-refractivity contribution in [2.45, 2.75) is 13.3 Å². The summed E-state index contributed by atoms with van der Waals surface area (Å²) in [6, 6.07) is 20.2. The molecule has 0 radical (unpaired) electrons. The maximum absolute atomic E-state index is 12.9. The molecular formula is C26H23N3O2. The van der Waals surface area contributed by atoms with Crippen LogP contribution < -0.4 is 10.6 Å². The zero-order chi connectivity index (χ0) is 21.4. The fraction of sp³-hybridized carbons (Fsp3) is 0.192. The summed E-state index contributed by atoms with van der Waals surface area (Å²) in [4.78, 5) is 28.9. The van der Waals surface area contributed by atoms with Gasteiger partial charge in [-0.15, -0.1) is 0 Å². The number of hydrogen-bond acceptors (Lipinski definition) is 3. The minimum absolute atomic E-state index is 0.0493. The summed E-state index contributed by atoms with van der Waals surface area (Å²) in [5, 5.41) is 8.83. The predicted molar refractivity (Wildman–Crippen MR) is 123 cm³/mol. The van der Waals surface area contributed by atoms with Gasteiger partial charge in [-0.1, -0.05) is 42.0 Å². The Morgan fingerprint density at radius 2 is 1.94 bits per heavy atom. The highest BCUT2D eigenvalue weighted by Gasteiger charge is 2.22. The third-order valence-electron chi connectivity index (χ3n) is 5.93. The van der Waals surface area contributed by atoms with Gasteiger partial charge >= 0.3 is 0 Å². The Balaban J connectivity index is 1.50. The molecule has 1 fully saturated rings. The zero-order valence-electron chi connectivity index (χ0n) is 17.3. The van der Waals surface area contributed by atoms with Crippen LogP contribution in [-0.4, -0.2) is 29.9 Å². The van der Waals surface area contributed by atoms with Crippen molar-refractivity contribution in [2.24, 2.45) is 5.92 Å². The van der Waals surface area contributed by atoms with Crippen molar-refractivity contribution in [3.8, 4) is 11.1 Å². The van der Waals surface area contributed by atoms with Gasteiger partial charge in [-0.3, -0.25) is 14.6 Å². The van der Waals surface area contributed by atoms with E-state index in [-0.39, 0.29) is 17.7 Å². The van der Waals surface area contributed by atoms with Crippen LogP contribution in [0.3, 0.4) is 0 Å². The summed E-state index contributed by atoms with van der Waals surface area (Å²) in [6.45, 7) is 3.18. The van der Waals surface area contributed by atoms with Gasteiger partial charge in [0.05, 0.1) is 5.52 Å². The van der Waals surface area contributed by atoms with Crippen LogP contribution >= 0.6 is 0 Å². The third-order valence-corrected chi connectivity index (χ3v) is 5.93. The lowest BCUT2D eigenvalue weighted by Gasteiger charge is -2.13. The molecule has 0 spiro atoms. The molecule has 5 nitrogen and oxygen atoms in total. The number of nitrogens with zero attached hydrogens (tertiary/aromatic N) is 1. The topological polar surface area (TPSA) is 71.1 Å². The van der Waals surface area contributed by atoms with Crippen LogP contribution in [0.2, 0.25) is 0 Å². The van der Waals surface area contributed by atoms with Gasteiger partial charge in [0.25, 0.3) is 5.91 Å². The molecule has 4 aromatic rings. The standard InChI is InChI=1S/C26H23N3O2/c1-16-8-9-24-18(10-16)12-19(15-27-24)20-4-2-6-22-21(20)5-3-7-23(22)26(31)29-14-17-11-25(30)28-13-17/h2-10,12,15,17H,11,13-14H2,1H3,(H,28,30)(H,29,31). The van der Waals surface area contributed by atoms with Gasteiger partial charge in [0.15, 0.2) is 0 Å². The predicted octanol–water partition coefficient (Wildman–Crippen LogP) is 4.23. The molecule has 2 amide bonds. The number of aryl methyl sites for hydroxylation is 1. The highest BCUT2D eigenvalue weighted by molar-refractivity contribution is 6.10. The number of hydrogen-bond donors (Lipinski definition) is 2. The second-order valence-electron chi connectivity index (χ2n) is 8.21. The monoisotopic (exact) mass is 409 g/mol. The van der Waals surface area contributed by atoms with Crippen LogP contribution in [-0.2, 0) is 4.79 Å². The van der Waals surface area contributed by atoms with Crippen molar-refractivity contribution < 1.29 is 9.59 Å². The zero-order valence-corrected chi connectivity index (χ0v) is 17.3. The number of nitrogens with one attached hydrogen (secondary N) is 2. The highest BCUT2D eigenvalue weighted by Crippen LogP contribution is 2.31. The lowest BCUT2D eigenvalue weighted by molar-refractivity contribution is -0.119. The van der Waals surface area contributed by atoms with E-state index >= 15 is 0 Å². The number of carbonyl (C=O) groups excluding carboxylic acids is 2. The number of aromatic nitrogens is 1. The molecule has 0 aliphatic carbocycles. The van der Waals surface area contributed by atoms with E-state index in [0.717, 1.165) is 32.8 Å². The molecule has 31 heavy (non-hydrogen) atoms. The Morgan fingerprint density at radius 1 is 1.10 bits per heavy atom. The van der Waals surface area contributed by atoms with E-state index in [1.807, 2.05) is 42.6 Å². The SMILES string of the molecule is Cc1ccc2ncc(-c3cccc4c(C(=O)NCC5CNC(=O)C5)cccc34)cc2c1. The maximum Gasteiger partial charge on any atom is 0.251 e. The van der Waals surface area contributed by atoms with E-state index in [1.165, 1.54) is 5.56 Å². The van der Waals surface area contributed by atoms with E-state index in [0.29, 0.717) is 25.1 Å². The molecule has 154 valence electrons. The molecule has 1 aliphatic rings. The molecule has 1 aromatic heterocycles. The average Bonchev–Trinajstić information content (AvgIpc) is 3.21. The number of rotatable bonds is 4. The Bertz CT molecular complexity index is 1330. The molecule has 1 atom stereocenters. The summed E-state index contributed by atoms with van der Waals surface area (Å²) in [5.41, 5.74) is 4.88. The van der Waals surface area contributed by atoms with Crippen molar-refractivity contribution in [1.29, 1.82) is 0 Å². The lowest BCUT2D eigenvalue weighted by Crippen LogP contribution is -2.30. The van der Waals surface area contributed by atoms with Gasteiger partial charge in [0, 0.05) is 48.1 Å². The molecule has 5 rings (SSSR count). The summed E-state index contributed by atoms with van der Waals surface area (Å²) in [5.74, 6) is 0.0803. The largest absolute Gasteiger partial charge is 0.356 e. The Morgan fingerprint density at radius 3 is 2.77 bits per heavy atom. The first-order valence-electron chi connectivity index (χ1n) is 10.5. The van der Waals surface area contributed by atoms with Gasteiger partial charge in [-0.25, -0.2) is 0 Å². The van der Waals surface area contributed by atoms with E-state index in [2.05, 4.69) is 46.8 Å². The number of carbonyl (C=O) groups is 2. The summed E-state index contributed by atoms with van der Waals surface area (Å²) in [6.07, 6.45) is 2.36. The molecule has 1 unspecified atom stereocenters. The first-order chi connectivity index (χ1) is 15.1. The van der Waals surface area contributed by atoms with Crippen LogP contribution in [0.4, 0.5) is 0 Å². The van der Waals surface area contributed by atoms with Crippen molar-refractivity contribution in [3.05, 3.63) is 78.0 Å². The van der Waals surface area contributed by atoms with Crippen LogP contribution in [0.15, 0.2) is 66.9 Å². The number of benzene rings is 3. The van der Waals surface area contributed by atoms with Crippen LogP contribution in [0, 0.1) is 12.8 Å². The number of fused-ring (bicyclic) bond motifs is 2. The molecule has 2 N–H and O–H groups in total. The third kappa shape index (κ3) is 3.75. The number of pyridine rings is 1. The first-order valence-corrected chi connectivity index (χ1v) is 10.5. The van der Waals surface area contributed by atoms with Crippen LogP contribution in [0.1, 0.15) is 22.3 Å². The Hall–Kier alpha value is -3.73. The summed E-state index contributed by atoms with van der Waals surface area (Å²) < 4.78 is 0. The van der Waals surface area contributed by atoms with E-state index in [1.54, 1.807) is 0 Å².